The second kappa shape index (κ2) is 7.29. The highest BCUT2D eigenvalue weighted by Gasteiger charge is 2.22. The van der Waals surface area contributed by atoms with Gasteiger partial charge in [0, 0.05) is 11.6 Å². The van der Waals surface area contributed by atoms with E-state index in [4.69, 9.17) is 0 Å². The fourth-order valence-corrected chi connectivity index (χ4v) is 2.19. The Labute approximate surface area is 108 Å². The van der Waals surface area contributed by atoms with Crippen LogP contribution in [-0.4, -0.2) is 42.0 Å². The largest absolute Gasteiger partial charge is 0.467 e. The highest BCUT2D eigenvalue weighted by atomic mass is 32.2. The number of hydrogen-bond acceptors (Lipinski definition) is 6. The van der Waals surface area contributed by atoms with Crippen molar-refractivity contribution in [3.63, 3.8) is 0 Å². The summed E-state index contributed by atoms with van der Waals surface area (Å²) in [4.78, 5) is 27.1. The fourth-order valence-electron chi connectivity index (χ4n) is 1.18. The third kappa shape index (κ3) is 4.35. The molecule has 1 unspecified atom stereocenters. The average molecular weight is 274 g/mol. The molecule has 0 spiro atoms. The molecule has 0 aliphatic rings. The number of hydrogen-bond donors (Lipinski definition) is 1. The highest BCUT2D eigenvalue weighted by Crippen LogP contribution is 2.07. The zero-order valence-electron chi connectivity index (χ0n) is 9.63. The average Bonchev–Trinajstić information content (AvgIpc) is 2.87. The Morgan fingerprint density at radius 3 is 2.94 bits per heavy atom. The van der Waals surface area contributed by atoms with E-state index in [-0.39, 0.29) is 5.91 Å². The minimum absolute atomic E-state index is 0.337. The van der Waals surface area contributed by atoms with Crippen molar-refractivity contribution >= 4 is 35.0 Å². The third-order valence-electron chi connectivity index (χ3n) is 2.03. The van der Waals surface area contributed by atoms with E-state index in [1.807, 2.05) is 6.26 Å². The monoisotopic (exact) mass is 274 g/mol. The first-order valence-electron chi connectivity index (χ1n) is 4.96. The van der Waals surface area contributed by atoms with E-state index >= 15 is 0 Å². The van der Waals surface area contributed by atoms with Gasteiger partial charge in [0.05, 0.1) is 7.11 Å². The molecule has 0 fully saturated rings. The lowest BCUT2D eigenvalue weighted by Crippen LogP contribution is -2.41. The lowest BCUT2D eigenvalue weighted by Gasteiger charge is -2.14. The van der Waals surface area contributed by atoms with Gasteiger partial charge in [-0.05, 0) is 18.4 Å². The van der Waals surface area contributed by atoms with Crippen molar-refractivity contribution in [1.29, 1.82) is 0 Å². The number of ether oxygens (including phenoxy) is 1. The van der Waals surface area contributed by atoms with Crippen molar-refractivity contribution in [1.82, 2.24) is 10.3 Å². The number of carbonyl (C=O) groups is 2. The SMILES string of the molecule is COC(=O)C(CCSC)NC(=O)c1nccs1. The molecule has 0 bridgehead atoms. The second-order valence-corrected chi connectivity index (χ2v) is 5.05. The standard InChI is InChI=1S/C10H14N2O3S2/c1-15-10(14)7(3-5-16-2)12-8(13)9-11-4-6-17-9/h4,6-7H,3,5H2,1-2H3,(H,12,13). The minimum atomic E-state index is -0.608. The summed E-state index contributed by atoms with van der Waals surface area (Å²) in [5.41, 5.74) is 0. The topological polar surface area (TPSA) is 68.3 Å². The van der Waals surface area contributed by atoms with Crippen molar-refractivity contribution in [2.75, 3.05) is 19.1 Å². The number of esters is 1. The van der Waals surface area contributed by atoms with E-state index in [0.29, 0.717) is 11.4 Å². The Kier molecular flexibility index (Phi) is 5.99. The van der Waals surface area contributed by atoms with E-state index in [0.717, 1.165) is 5.75 Å². The summed E-state index contributed by atoms with van der Waals surface area (Å²) >= 11 is 2.85. The van der Waals surface area contributed by atoms with Gasteiger partial charge in [0.1, 0.15) is 6.04 Å². The maximum atomic E-state index is 11.7. The molecule has 0 aromatic carbocycles. The Bertz CT molecular complexity index is 368. The maximum absolute atomic E-state index is 11.7. The van der Waals surface area contributed by atoms with Gasteiger partial charge in [-0.3, -0.25) is 4.79 Å². The maximum Gasteiger partial charge on any atom is 0.328 e. The molecule has 1 heterocycles. The van der Waals surface area contributed by atoms with Gasteiger partial charge in [-0.15, -0.1) is 11.3 Å². The Hall–Kier alpha value is -1.08. The molecule has 1 aromatic heterocycles. The summed E-state index contributed by atoms with van der Waals surface area (Å²) in [7, 11) is 1.31. The molecule has 1 N–H and O–H groups in total. The molecule has 0 saturated carbocycles. The van der Waals surface area contributed by atoms with Gasteiger partial charge in [-0.25, -0.2) is 9.78 Å². The first kappa shape index (κ1) is 14.0. The number of amides is 1. The van der Waals surface area contributed by atoms with E-state index in [2.05, 4.69) is 15.0 Å². The van der Waals surface area contributed by atoms with Crippen LogP contribution in [0.5, 0.6) is 0 Å². The van der Waals surface area contributed by atoms with Gasteiger partial charge in [-0.2, -0.15) is 11.8 Å². The predicted octanol–water partition coefficient (Wildman–Crippen LogP) is 1.17. The molecule has 0 aliphatic carbocycles. The van der Waals surface area contributed by atoms with Crippen LogP contribution in [0.4, 0.5) is 0 Å². The van der Waals surface area contributed by atoms with Crippen LogP contribution >= 0.6 is 23.1 Å². The van der Waals surface area contributed by atoms with Gasteiger partial charge >= 0.3 is 5.97 Å². The molecule has 7 heteroatoms. The van der Waals surface area contributed by atoms with Crippen LogP contribution in [0.15, 0.2) is 11.6 Å². The lowest BCUT2D eigenvalue weighted by molar-refractivity contribution is -0.142. The molecule has 0 aliphatic heterocycles. The Morgan fingerprint density at radius 1 is 1.65 bits per heavy atom. The number of thioether (sulfide) groups is 1. The number of methoxy groups -OCH3 is 1. The molecule has 1 atom stereocenters. The minimum Gasteiger partial charge on any atom is -0.467 e. The number of rotatable bonds is 6. The molecule has 0 radical (unpaired) electrons. The molecular weight excluding hydrogens is 260 g/mol. The number of nitrogens with one attached hydrogen (secondary N) is 1. The van der Waals surface area contributed by atoms with Crippen molar-refractivity contribution in [2.24, 2.45) is 0 Å². The van der Waals surface area contributed by atoms with Gasteiger partial charge in [-0.1, -0.05) is 0 Å². The van der Waals surface area contributed by atoms with Gasteiger partial charge in [0.15, 0.2) is 5.01 Å². The smallest absolute Gasteiger partial charge is 0.328 e. The number of aromatic nitrogens is 1. The van der Waals surface area contributed by atoms with Crippen LogP contribution in [0.2, 0.25) is 0 Å². The molecular formula is C10H14N2O3S2. The fraction of sp³-hybridized carbons (Fsp3) is 0.500. The first-order valence-corrected chi connectivity index (χ1v) is 7.23. The number of carbonyl (C=O) groups excluding carboxylic acids is 2. The predicted molar refractivity (Wildman–Crippen MR) is 68.4 cm³/mol. The van der Waals surface area contributed by atoms with Gasteiger partial charge in [0.2, 0.25) is 0 Å². The van der Waals surface area contributed by atoms with Crippen molar-refractivity contribution < 1.29 is 14.3 Å². The van der Waals surface area contributed by atoms with E-state index in [1.165, 1.54) is 18.4 Å². The van der Waals surface area contributed by atoms with Crippen molar-refractivity contribution in [3.8, 4) is 0 Å². The van der Waals surface area contributed by atoms with E-state index < -0.39 is 12.0 Å². The van der Waals surface area contributed by atoms with Crippen LogP contribution in [0.25, 0.3) is 0 Å². The number of thiazole rings is 1. The van der Waals surface area contributed by atoms with Crippen LogP contribution in [-0.2, 0) is 9.53 Å². The van der Waals surface area contributed by atoms with E-state index in [9.17, 15) is 9.59 Å². The number of nitrogens with zero attached hydrogens (tertiary/aromatic N) is 1. The van der Waals surface area contributed by atoms with Gasteiger partial charge in [0.25, 0.3) is 5.91 Å². The summed E-state index contributed by atoms with van der Waals surface area (Å²) in [5.74, 6) is 0.0122. The highest BCUT2D eigenvalue weighted by molar-refractivity contribution is 7.98. The zero-order valence-corrected chi connectivity index (χ0v) is 11.3. The molecule has 1 rings (SSSR count). The molecule has 0 saturated heterocycles. The van der Waals surface area contributed by atoms with Gasteiger partial charge < -0.3 is 10.1 Å². The zero-order chi connectivity index (χ0) is 12.7. The van der Waals surface area contributed by atoms with Crippen molar-refractivity contribution in [2.45, 2.75) is 12.5 Å². The lowest BCUT2D eigenvalue weighted by atomic mass is 10.2. The van der Waals surface area contributed by atoms with Crippen LogP contribution < -0.4 is 5.32 Å². The second-order valence-electron chi connectivity index (χ2n) is 3.17. The summed E-state index contributed by atoms with van der Waals surface area (Å²) in [6, 6.07) is -0.608. The molecule has 5 nitrogen and oxygen atoms in total. The van der Waals surface area contributed by atoms with Crippen molar-refractivity contribution in [3.05, 3.63) is 16.6 Å². The molecule has 1 aromatic rings. The van der Waals surface area contributed by atoms with Crippen LogP contribution in [0.3, 0.4) is 0 Å². The molecule has 94 valence electrons. The summed E-state index contributed by atoms with van der Waals surface area (Å²) in [6.07, 6.45) is 4.04. The van der Waals surface area contributed by atoms with Crippen LogP contribution in [0, 0.1) is 0 Å². The summed E-state index contributed by atoms with van der Waals surface area (Å²) in [5, 5.41) is 4.69. The normalized spacial score (nSPS) is 11.9. The first-order chi connectivity index (χ1) is 8.19. The Balaban J connectivity index is 2.59. The quantitative estimate of drug-likeness (QED) is 0.789. The Morgan fingerprint density at radius 2 is 2.41 bits per heavy atom. The summed E-state index contributed by atoms with van der Waals surface area (Å²) in [6.45, 7) is 0. The van der Waals surface area contributed by atoms with Crippen LogP contribution in [0.1, 0.15) is 16.2 Å². The summed E-state index contributed by atoms with van der Waals surface area (Å²) < 4.78 is 4.65. The molecule has 17 heavy (non-hydrogen) atoms. The molecule has 1 amide bonds. The van der Waals surface area contributed by atoms with E-state index in [1.54, 1.807) is 23.3 Å². The third-order valence-corrected chi connectivity index (χ3v) is 3.44.